The Morgan fingerprint density at radius 3 is 2.61 bits per heavy atom. The molecular weight excluding hydrogens is 398 g/mol. The van der Waals surface area contributed by atoms with Crippen molar-refractivity contribution < 1.29 is 19.7 Å². The molecular formula is C22H31N5O4. The van der Waals surface area contributed by atoms with Gasteiger partial charge in [0.05, 0.1) is 6.20 Å². The van der Waals surface area contributed by atoms with Gasteiger partial charge in [0, 0.05) is 31.4 Å². The number of carboxylic acid groups (broad SMARTS) is 1. The Balaban J connectivity index is 1.29. The van der Waals surface area contributed by atoms with Gasteiger partial charge in [-0.05, 0) is 55.6 Å². The number of aromatic nitrogens is 1. The van der Waals surface area contributed by atoms with E-state index in [4.69, 9.17) is 15.6 Å². The SMILES string of the molecule is Nc1ccc(OC[C@@H](O)CNCCc2ccc(NC3CCN(C(=O)O)CC3)cc2)cn1. The van der Waals surface area contributed by atoms with Crippen molar-refractivity contribution in [1.82, 2.24) is 15.2 Å². The lowest BCUT2D eigenvalue weighted by atomic mass is 10.0. The lowest BCUT2D eigenvalue weighted by Gasteiger charge is -2.31. The summed E-state index contributed by atoms with van der Waals surface area (Å²) in [7, 11) is 0. The molecule has 6 N–H and O–H groups in total. The topological polar surface area (TPSA) is 133 Å². The van der Waals surface area contributed by atoms with Crippen LogP contribution in [0.25, 0.3) is 0 Å². The van der Waals surface area contributed by atoms with Crippen LogP contribution in [-0.4, -0.2) is 71.1 Å². The molecule has 1 aliphatic heterocycles. The van der Waals surface area contributed by atoms with Gasteiger partial charge in [0.2, 0.25) is 0 Å². The number of rotatable bonds is 10. The molecule has 1 aliphatic rings. The third-order valence-electron chi connectivity index (χ3n) is 5.26. The minimum Gasteiger partial charge on any atom is -0.489 e. The fourth-order valence-electron chi connectivity index (χ4n) is 3.45. The highest BCUT2D eigenvalue weighted by molar-refractivity contribution is 5.65. The second-order valence-electron chi connectivity index (χ2n) is 7.72. The molecule has 1 aromatic carbocycles. The first kappa shape index (κ1) is 22.6. The molecule has 1 aromatic heterocycles. The summed E-state index contributed by atoms with van der Waals surface area (Å²) in [4.78, 5) is 16.4. The zero-order chi connectivity index (χ0) is 22.1. The third kappa shape index (κ3) is 7.62. The molecule has 1 saturated heterocycles. The summed E-state index contributed by atoms with van der Waals surface area (Å²) in [6.45, 7) is 2.53. The molecule has 2 aromatic rings. The number of amides is 1. The molecule has 1 fully saturated rings. The molecule has 9 nitrogen and oxygen atoms in total. The number of anilines is 2. The van der Waals surface area contributed by atoms with Crippen molar-refractivity contribution >= 4 is 17.6 Å². The van der Waals surface area contributed by atoms with E-state index in [1.807, 2.05) is 0 Å². The number of piperidine rings is 1. The molecule has 0 unspecified atom stereocenters. The van der Waals surface area contributed by atoms with Crippen LogP contribution in [0, 0.1) is 0 Å². The zero-order valence-corrected chi connectivity index (χ0v) is 17.5. The monoisotopic (exact) mass is 429 g/mol. The van der Waals surface area contributed by atoms with Crippen LogP contribution in [-0.2, 0) is 6.42 Å². The number of likely N-dealkylation sites (tertiary alicyclic amines) is 1. The third-order valence-corrected chi connectivity index (χ3v) is 5.26. The molecule has 9 heteroatoms. The van der Waals surface area contributed by atoms with Crippen molar-refractivity contribution in [1.29, 1.82) is 0 Å². The Kier molecular flexibility index (Phi) is 8.31. The number of nitrogens with one attached hydrogen (secondary N) is 2. The number of nitrogens with zero attached hydrogens (tertiary/aromatic N) is 2. The molecule has 168 valence electrons. The van der Waals surface area contributed by atoms with Gasteiger partial charge >= 0.3 is 6.09 Å². The van der Waals surface area contributed by atoms with Crippen molar-refractivity contribution in [3.8, 4) is 5.75 Å². The van der Waals surface area contributed by atoms with E-state index >= 15 is 0 Å². The molecule has 3 rings (SSSR count). The van der Waals surface area contributed by atoms with Gasteiger partial charge in [-0.1, -0.05) is 12.1 Å². The summed E-state index contributed by atoms with van der Waals surface area (Å²) in [5.74, 6) is 1.01. The van der Waals surface area contributed by atoms with Gasteiger partial charge in [0.15, 0.2) is 0 Å². The maximum Gasteiger partial charge on any atom is 0.407 e. The molecule has 0 bridgehead atoms. The van der Waals surface area contributed by atoms with Gasteiger partial charge < -0.3 is 36.2 Å². The minimum atomic E-state index is -0.837. The Hall–Kier alpha value is -3.04. The van der Waals surface area contributed by atoms with Gasteiger partial charge in [0.25, 0.3) is 0 Å². The number of hydrogen-bond donors (Lipinski definition) is 5. The highest BCUT2D eigenvalue weighted by atomic mass is 16.5. The fraction of sp³-hybridized carbons (Fsp3) is 0.455. The van der Waals surface area contributed by atoms with Crippen LogP contribution in [0.1, 0.15) is 18.4 Å². The van der Waals surface area contributed by atoms with Gasteiger partial charge in [-0.2, -0.15) is 0 Å². The number of nitrogens with two attached hydrogens (primary N) is 1. The first-order valence-corrected chi connectivity index (χ1v) is 10.6. The predicted molar refractivity (Wildman–Crippen MR) is 119 cm³/mol. The molecule has 0 spiro atoms. The molecule has 31 heavy (non-hydrogen) atoms. The molecule has 2 heterocycles. The first-order valence-electron chi connectivity index (χ1n) is 10.6. The number of aliphatic hydroxyl groups excluding tert-OH is 1. The lowest BCUT2D eigenvalue weighted by molar-refractivity contribution is 0.106. The van der Waals surface area contributed by atoms with Gasteiger partial charge in [-0.3, -0.25) is 0 Å². The van der Waals surface area contributed by atoms with Crippen LogP contribution >= 0.6 is 0 Å². The maximum atomic E-state index is 11.0. The Labute approximate surface area is 182 Å². The average Bonchev–Trinajstić information content (AvgIpc) is 2.78. The Morgan fingerprint density at radius 2 is 1.97 bits per heavy atom. The van der Waals surface area contributed by atoms with E-state index in [2.05, 4.69) is 39.9 Å². The van der Waals surface area contributed by atoms with E-state index in [0.717, 1.165) is 31.5 Å². The summed E-state index contributed by atoms with van der Waals surface area (Å²) in [6, 6.07) is 12.0. The molecule has 1 amide bonds. The second-order valence-corrected chi connectivity index (χ2v) is 7.72. The molecule has 1 atom stereocenters. The van der Waals surface area contributed by atoms with Crippen LogP contribution in [0.2, 0.25) is 0 Å². The van der Waals surface area contributed by atoms with Crippen molar-refractivity contribution in [3.05, 3.63) is 48.2 Å². The van der Waals surface area contributed by atoms with Crippen molar-refractivity contribution in [3.63, 3.8) is 0 Å². The largest absolute Gasteiger partial charge is 0.489 e. The van der Waals surface area contributed by atoms with Crippen molar-refractivity contribution in [2.45, 2.75) is 31.4 Å². The van der Waals surface area contributed by atoms with Gasteiger partial charge in [0.1, 0.15) is 24.3 Å². The lowest BCUT2D eigenvalue weighted by Crippen LogP contribution is -2.41. The molecule has 0 radical (unpaired) electrons. The number of nitrogen functional groups attached to an aromatic ring is 1. The van der Waals surface area contributed by atoms with Crippen LogP contribution in [0.4, 0.5) is 16.3 Å². The van der Waals surface area contributed by atoms with Crippen molar-refractivity contribution in [2.24, 2.45) is 0 Å². The van der Waals surface area contributed by atoms with Crippen LogP contribution < -0.4 is 21.1 Å². The van der Waals surface area contributed by atoms with Gasteiger partial charge in [-0.25, -0.2) is 9.78 Å². The number of aliphatic hydroxyl groups is 1. The standard InChI is InChI=1S/C22H31N5O4/c23-21-6-5-20(14-25-21)31-15-19(28)13-24-10-7-16-1-3-17(4-2-16)26-18-8-11-27(12-9-18)22(29)30/h1-6,14,18-19,24,26,28H,7-13,15H2,(H2,23,25)(H,29,30)/t19-/m0/s1. The quantitative estimate of drug-likeness (QED) is 0.361. The smallest absolute Gasteiger partial charge is 0.407 e. The summed E-state index contributed by atoms with van der Waals surface area (Å²) >= 11 is 0. The van der Waals surface area contributed by atoms with E-state index in [1.165, 1.54) is 16.7 Å². The number of ether oxygens (including phenoxy) is 1. The normalized spacial score (nSPS) is 15.5. The van der Waals surface area contributed by atoms with E-state index in [9.17, 15) is 9.90 Å². The number of hydrogen-bond acceptors (Lipinski definition) is 7. The summed E-state index contributed by atoms with van der Waals surface area (Å²) in [5, 5.41) is 25.8. The minimum absolute atomic E-state index is 0.185. The highest BCUT2D eigenvalue weighted by Crippen LogP contribution is 2.17. The van der Waals surface area contributed by atoms with Crippen LogP contribution in [0.5, 0.6) is 5.75 Å². The first-order chi connectivity index (χ1) is 15.0. The second kappa shape index (κ2) is 11.4. The molecule has 0 saturated carbocycles. The highest BCUT2D eigenvalue weighted by Gasteiger charge is 2.21. The summed E-state index contributed by atoms with van der Waals surface area (Å²) in [6.07, 6.45) is 2.57. The number of carbonyl (C=O) groups is 1. The van der Waals surface area contributed by atoms with Gasteiger partial charge in [-0.15, -0.1) is 0 Å². The van der Waals surface area contributed by atoms with E-state index in [-0.39, 0.29) is 6.61 Å². The number of benzene rings is 1. The fourth-order valence-corrected chi connectivity index (χ4v) is 3.45. The Bertz CT molecular complexity index is 808. The molecule has 0 aliphatic carbocycles. The van der Waals surface area contributed by atoms with E-state index in [1.54, 1.807) is 12.1 Å². The number of pyridine rings is 1. The van der Waals surface area contributed by atoms with Crippen molar-refractivity contribution in [2.75, 3.05) is 43.8 Å². The van der Waals surface area contributed by atoms with Crippen LogP contribution in [0.15, 0.2) is 42.6 Å². The van der Waals surface area contributed by atoms with E-state index in [0.29, 0.717) is 37.2 Å². The predicted octanol–water partition coefficient (Wildman–Crippen LogP) is 1.79. The maximum absolute atomic E-state index is 11.0. The zero-order valence-electron chi connectivity index (χ0n) is 17.5. The van der Waals surface area contributed by atoms with E-state index < -0.39 is 12.2 Å². The summed E-state index contributed by atoms with van der Waals surface area (Å²) in [5.41, 5.74) is 7.78. The average molecular weight is 430 g/mol. The summed E-state index contributed by atoms with van der Waals surface area (Å²) < 4.78 is 5.48. The van der Waals surface area contributed by atoms with Crippen LogP contribution in [0.3, 0.4) is 0 Å². The Morgan fingerprint density at radius 1 is 1.23 bits per heavy atom.